The minimum absolute atomic E-state index is 0.0265. The molecule has 2 unspecified atom stereocenters. The molecule has 0 saturated carbocycles. The van der Waals surface area contributed by atoms with E-state index in [0.717, 1.165) is 32.4 Å². The lowest BCUT2D eigenvalue weighted by Gasteiger charge is -2.33. The molecule has 0 amide bonds. The Bertz CT molecular complexity index is 409. The highest BCUT2D eigenvalue weighted by molar-refractivity contribution is 4.97. The van der Waals surface area contributed by atoms with Crippen molar-refractivity contribution in [1.29, 1.82) is 0 Å². The molecule has 2 aliphatic heterocycles. The molecule has 0 bridgehead atoms. The monoisotopic (exact) mass is 266 g/mol. The molecule has 2 fully saturated rings. The van der Waals surface area contributed by atoms with Gasteiger partial charge in [-0.15, -0.1) is 0 Å². The summed E-state index contributed by atoms with van der Waals surface area (Å²) in [5.74, 6) is 1.41. The van der Waals surface area contributed by atoms with Crippen molar-refractivity contribution in [3.63, 3.8) is 0 Å². The molecular formula is C13H22N4O2. The fourth-order valence-corrected chi connectivity index (χ4v) is 2.89. The first-order chi connectivity index (χ1) is 9.36. The first-order valence-corrected chi connectivity index (χ1v) is 7.25. The first kappa shape index (κ1) is 13.0. The molecule has 0 aromatic carbocycles. The van der Waals surface area contributed by atoms with Crippen LogP contribution in [0.2, 0.25) is 0 Å². The fraction of sp³-hybridized carbons (Fsp3) is 0.846. The van der Waals surface area contributed by atoms with Crippen LogP contribution in [0, 0.1) is 0 Å². The summed E-state index contributed by atoms with van der Waals surface area (Å²) in [5, 5.41) is 4.06. The number of hydrogen-bond acceptors (Lipinski definition) is 6. The molecule has 0 aliphatic carbocycles. The number of rotatable bonds is 5. The van der Waals surface area contributed by atoms with Crippen molar-refractivity contribution < 1.29 is 9.26 Å². The second-order valence-electron chi connectivity index (χ2n) is 5.41. The lowest BCUT2D eigenvalue weighted by atomic mass is 10.2. The highest BCUT2D eigenvalue weighted by Gasteiger charge is 2.34. The molecule has 2 N–H and O–H groups in total. The van der Waals surface area contributed by atoms with Crippen molar-refractivity contribution in [2.75, 3.05) is 26.2 Å². The topological polar surface area (TPSA) is 77.4 Å². The third-order valence-electron chi connectivity index (χ3n) is 4.01. The van der Waals surface area contributed by atoms with Gasteiger partial charge in [0.05, 0.1) is 6.61 Å². The number of unbranched alkanes of at least 4 members (excludes halogenated alkanes) is 1. The third-order valence-corrected chi connectivity index (χ3v) is 4.01. The summed E-state index contributed by atoms with van der Waals surface area (Å²) < 4.78 is 11.1. The Balaban J connectivity index is 1.56. The van der Waals surface area contributed by atoms with Crippen LogP contribution in [-0.2, 0) is 11.2 Å². The number of nitrogens with two attached hydrogens (primary N) is 1. The Labute approximate surface area is 113 Å². The zero-order valence-electron chi connectivity index (χ0n) is 11.3. The number of morpholine rings is 1. The molecule has 0 radical (unpaired) electrons. The largest absolute Gasteiger partial charge is 0.367 e. The van der Waals surface area contributed by atoms with Gasteiger partial charge in [0.1, 0.15) is 6.10 Å². The van der Waals surface area contributed by atoms with Gasteiger partial charge in [-0.2, -0.15) is 4.98 Å². The van der Waals surface area contributed by atoms with Gasteiger partial charge in [0.2, 0.25) is 11.7 Å². The van der Waals surface area contributed by atoms with Crippen LogP contribution in [0.15, 0.2) is 4.52 Å². The standard InChI is InChI=1S/C13H22N4O2/c14-6-2-1-5-12-15-13(16-19-12)11-8-17-7-3-4-10(17)9-18-11/h10-11H,1-9,14H2. The molecule has 3 rings (SSSR count). The molecule has 1 aromatic heterocycles. The van der Waals surface area contributed by atoms with Gasteiger partial charge in [-0.25, -0.2) is 0 Å². The lowest BCUT2D eigenvalue weighted by molar-refractivity contribution is -0.0548. The molecule has 1 aromatic rings. The molecular weight excluding hydrogens is 244 g/mol. The lowest BCUT2D eigenvalue weighted by Crippen LogP contribution is -2.42. The summed E-state index contributed by atoms with van der Waals surface area (Å²) >= 11 is 0. The van der Waals surface area contributed by atoms with Crippen molar-refractivity contribution in [2.24, 2.45) is 5.73 Å². The highest BCUT2D eigenvalue weighted by Crippen LogP contribution is 2.28. The third kappa shape index (κ3) is 2.96. The van der Waals surface area contributed by atoms with E-state index in [0.29, 0.717) is 24.3 Å². The van der Waals surface area contributed by atoms with Gasteiger partial charge in [-0.05, 0) is 38.8 Å². The summed E-state index contributed by atoms with van der Waals surface area (Å²) in [6.07, 6.45) is 5.30. The van der Waals surface area contributed by atoms with Crippen LogP contribution < -0.4 is 5.73 Å². The fourth-order valence-electron chi connectivity index (χ4n) is 2.89. The molecule has 6 nitrogen and oxygen atoms in total. The number of aromatic nitrogens is 2. The van der Waals surface area contributed by atoms with E-state index < -0.39 is 0 Å². The van der Waals surface area contributed by atoms with Crippen LogP contribution in [0.3, 0.4) is 0 Å². The number of aryl methyl sites for hydroxylation is 1. The number of nitrogens with zero attached hydrogens (tertiary/aromatic N) is 3. The maximum Gasteiger partial charge on any atom is 0.226 e. The second kappa shape index (κ2) is 5.98. The van der Waals surface area contributed by atoms with Gasteiger partial charge in [-0.3, -0.25) is 4.90 Å². The Morgan fingerprint density at radius 3 is 3.21 bits per heavy atom. The summed E-state index contributed by atoms with van der Waals surface area (Å²) in [4.78, 5) is 6.93. The average molecular weight is 266 g/mol. The quantitative estimate of drug-likeness (QED) is 0.797. The van der Waals surface area contributed by atoms with E-state index in [4.69, 9.17) is 15.0 Å². The van der Waals surface area contributed by atoms with E-state index in [1.54, 1.807) is 0 Å². The van der Waals surface area contributed by atoms with Crippen LogP contribution in [0.5, 0.6) is 0 Å². The van der Waals surface area contributed by atoms with Gasteiger partial charge in [0.25, 0.3) is 0 Å². The van der Waals surface area contributed by atoms with Gasteiger partial charge in [0, 0.05) is 19.0 Å². The maximum absolute atomic E-state index is 5.87. The van der Waals surface area contributed by atoms with Crippen LogP contribution in [0.25, 0.3) is 0 Å². The van der Waals surface area contributed by atoms with E-state index >= 15 is 0 Å². The number of fused-ring (bicyclic) bond motifs is 1. The zero-order valence-corrected chi connectivity index (χ0v) is 11.3. The van der Waals surface area contributed by atoms with Crippen molar-refractivity contribution in [1.82, 2.24) is 15.0 Å². The minimum Gasteiger partial charge on any atom is -0.367 e. The van der Waals surface area contributed by atoms with Crippen LogP contribution in [0.1, 0.15) is 43.5 Å². The zero-order chi connectivity index (χ0) is 13.1. The summed E-state index contributed by atoms with van der Waals surface area (Å²) in [6.45, 7) is 3.57. The summed E-state index contributed by atoms with van der Waals surface area (Å²) in [6, 6.07) is 0.604. The van der Waals surface area contributed by atoms with Crippen molar-refractivity contribution in [3.8, 4) is 0 Å². The van der Waals surface area contributed by atoms with Gasteiger partial charge >= 0.3 is 0 Å². The van der Waals surface area contributed by atoms with E-state index in [2.05, 4.69) is 15.0 Å². The second-order valence-corrected chi connectivity index (χ2v) is 5.41. The first-order valence-electron chi connectivity index (χ1n) is 7.25. The predicted molar refractivity (Wildman–Crippen MR) is 69.6 cm³/mol. The van der Waals surface area contributed by atoms with Crippen LogP contribution >= 0.6 is 0 Å². The molecule has 6 heteroatoms. The van der Waals surface area contributed by atoms with Gasteiger partial charge < -0.3 is 15.0 Å². The number of ether oxygens (including phenoxy) is 1. The summed E-state index contributed by atoms with van der Waals surface area (Å²) in [5.41, 5.74) is 5.47. The summed E-state index contributed by atoms with van der Waals surface area (Å²) in [7, 11) is 0. The van der Waals surface area contributed by atoms with E-state index in [1.165, 1.54) is 19.4 Å². The van der Waals surface area contributed by atoms with E-state index in [1.807, 2.05) is 0 Å². The maximum atomic E-state index is 5.87. The Morgan fingerprint density at radius 2 is 2.32 bits per heavy atom. The van der Waals surface area contributed by atoms with Crippen molar-refractivity contribution >= 4 is 0 Å². The van der Waals surface area contributed by atoms with Crippen LogP contribution in [-0.4, -0.2) is 47.3 Å². The van der Waals surface area contributed by atoms with E-state index in [-0.39, 0.29) is 6.10 Å². The highest BCUT2D eigenvalue weighted by atomic mass is 16.5. The Morgan fingerprint density at radius 1 is 1.37 bits per heavy atom. The smallest absolute Gasteiger partial charge is 0.226 e. The van der Waals surface area contributed by atoms with Crippen LogP contribution in [0.4, 0.5) is 0 Å². The predicted octanol–water partition coefficient (Wildman–Crippen LogP) is 0.887. The molecule has 2 atom stereocenters. The molecule has 3 heterocycles. The molecule has 2 saturated heterocycles. The molecule has 106 valence electrons. The normalized spacial score (nSPS) is 27.6. The van der Waals surface area contributed by atoms with Gasteiger partial charge in [0.15, 0.2) is 0 Å². The molecule has 2 aliphatic rings. The van der Waals surface area contributed by atoms with E-state index in [9.17, 15) is 0 Å². The minimum atomic E-state index is -0.0265. The molecule has 0 spiro atoms. The Hall–Kier alpha value is -0.980. The van der Waals surface area contributed by atoms with Crippen molar-refractivity contribution in [2.45, 2.75) is 44.2 Å². The average Bonchev–Trinajstić information content (AvgIpc) is 3.06. The molecule has 19 heavy (non-hydrogen) atoms. The SMILES string of the molecule is NCCCCc1nc(C2CN3CCCC3CO2)no1. The van der Waals surface area contributed by atoms with Gasteiger partial charge in [-0.1, -0.05) is 5.16 Å². The number of hydrogen-bond donors (Lipinski definition) is 1. The Kier molecular flexibility index (Phi) is 4.10. The van der Waals surface area contributed by atoms with Crippen molar-refractivity contribution in [3.05, 3.63) is 11.7 Å².